The topological polar surface area (TPSA) is 38.3 Å². The molecule has 128 valence electrons. The third kappa shape index (κ3) is 4.54. The fraction of sp³-hybridized carbons (Fsp3) is 0.350. The number of carbonyl (C=O) groups excluding carboxylic acids is 1. The average Bonchev–Trinajstić information content (AvgIpc) is 2.60. The summed E-state index contributed by atoms with van der Waals surface area (Å²) in [6.07, 6.45) is 3.69. The molecule has 24 heavy (non-hydrogen) atoms. The number of amides is 1. The lowest BCUT2D eigenvalue weighted by Gasteiger charge is -2.16. The second-order valence-corrected chi connectivity index (χ2v) is 6.43. The minimum Gasteiger partial charge on any atom is -0.489 e. The van der Waals surface area contributed by atoms with Gasteiger partial charge in [-0.05, 0) is 54.8 Å². The van der Waals surface area contributed by atoms with E-state index in [1.54, 1.807) is 6.26 Å². The Balaban J connectivity index is 2.23. The number of benzene rings is 2. The molecule has 0 aromatic heterocycles. The molecule has 0 radical (unpaired) electrons. The van der Waals surface area contributed by atoms with Crippen molar-refractivity contribution in [2.45, 2.75) is 40.2 Å². The van der Waals surface area contributed by atoms with Gasteiger partial charge >= 0.3 is 0 Å². The zero-order valence-corrected chi connectivity index (χ0v) is 15.6. The lowest BCUT2D eigenvalue weighted by Crippen LogP contribution is -2.10. The van der Waals surface area contributed by atoms with Crippen LogP contribution in [0.1, 0.15) is 36.1 Å². The zero-order valence-electron chi connectivity index (χ0n) is 14.8. The number of carbonyl (C=O) groups is 1. The second-order valence-electron chi connectivity index (χ2n) is 5.66. The van der Waals surface area contributed by atoms with Crippen LogP contribution in [-0.2, 0) is 19.4 Å². The summed E-state index contributed by atoms with van der Waals surface area (Å²) >= 11 is 1.17. The van der Waals surface area contributed by atoms with E-state index in [4.69, 9.17) is 4.74 Å². The summed E-state index contributed by atoms with van der Waals surface area (Å²) < 4.78 is 6.06. The number of hydrogen-bond acceptors (Lipinski definition) is 3. The molecular weight excluding hydrogens is 318 g/mol. The molecule has 0 fully saturated rings. The molecule has 2 aromatic carbocycles. The number of ether oxygens (including phenoxy) is 1. The fourth-order valence-corrected chi connectivity index (χ4v) is 2.87. The van der Waals surface area contributed by atoms with Gasteiger partial charge in [0.1, 0.15) is 12.4 Å². The van der Waals surface area contributed by atoms with Crippen LogP contribution in [0, 0.1) is 6.92 Å². The molecule has 1 N–H and O–H groups in total. The highest BCUT2D eigenvalue weighted by Crippen LogP contribution is 2.26. The number of anilines is 1. The Bertz CT molecular complexity index is 713. The van der Waals surface area contributed by atoms with Gasteiger partial charge in [0.2, 0.25) is 0 Å². The SMILES string of the molecule is CCc1ccc(OCc2c(CC)cccc2NC(=O)SC)c(C)c1. The molecule has 1 amide bonds. The third-order valence-corrected chi connectivity index (χ3v) is 4.57. The van der Waals surface area contributed by atoms with Crippen LogP contribution in [-0.4, -0.2) is 11.5 Å². The van der Waals surface area contributed by atoms with Crippen LogP contribution >= 0.6 is 11.8 Å². The highest BCUT2D eigenvalue weighted by atomic mass is 32.2. The third-order valence-electron chi connectivity index (χ3n) is 4.10. The molecule has 0 aliphatic carbocycles. The van der Waals surface area contributed by atoms with E-state index < -0.39 is 0 Å². The van der Waals surface area contributed by atoms with Crippen molar-refractivity contribution in [3.05, 3.63) is 58.7 Å². The van der Waals surface area contributed by atoms with Gasteiger partial charge in [-0.3, -0.25) is 4.79 Å². The van der Waals surface area contributed by atoms with Crippen molar-refractivity contribution in [2.24, 2.45) is 0 Å². The number of aryl methyl sites for hydroxylation is 3. The van der Waals surface area contributed by atoms with E-state index in [1.165, 1.54) is 22.9 Å². The summed E-state index contributed by atoms with van der Waals surface area (Å²) in [4.78, 5) is 11.7. The summed E-state index contributed by atoms with van der Waals surface area (Å²) in [6.45, 7) is 6.77. The minimum absolute atomic E-state index is 0.0621. The van der Waals surface area contributed by atoms with Gasteiger partial charge in [-0.15, -0.1) is 0 Å². The van der Waals surface area contributed by atoms with Crippen molar-refractivity contribution in [1.82, 2.24) is 0 Å². The summed E-state index contributed by atoms with van der Waals surface area (Å²) in [7, 11) is 0. The lowest BCUT2D eigenvalue weighted by molar-refractivity contribution is 0.269. The van der Waals surface area contributed by atoms with E-state index in [9.17, 15) is 4.79 Å². The van der Waals surface area contributed by atoms with Crippen LogP contribution in [0.3, 0.4) is 0 Å². The Labute approximate surface area is 148 Å². The highest BCUT2D eigenvalue weighted by Gasteiger charge is 2.11. The molecule has 0 saturated heterocycles. The Hall–Kier alpha value is -1.94. The van der Waals surface area contributed by atoms with E-state index in [0.717, 1.165) is 35.4 Å². The van der Waals surface area contributed by atoms with Crippen molar-refractivity contribution >= 4 is 22.7 Å². The first-order valence-electron chi connectivity index (χ1n) is 8.27. The van der Waals surface area contributed by atoms with Crippen LogP contribution in [0.2, 0.25) is 0 Å². The van der Waals surface area contributed by atoms with Crippen LogP contribution in [0.4, 0.5) is 10.5 Å². The van der Waals surface area contributed by atoms with Crippen molar-refractivity contribution < 1.29 is 9.53 Å². The second kappa shape index (κ2) is 8.78. The molecule has 2 aromatic rings. The van der Waals surface area contributed by atoms with E-state index >= 15 is 0 Å². The standard InChI is InChI=1S/C20H25NO2S/c1-5-15-10-11-19(14(3)12-15)23-13-17-16(6-2)8-7-9-18(17)21-20(22)24-4/h7-12H,5-6,13H2,1-4H3,(H,21,22). The lowest BCUT2D eigenvalue weighted by atomic mass is 10.0. The molecule has 0 aliphatic rings. The number of hydrogen-bond donors (Lipinski definition) is 1. The molecule has 0 spiro atoms. The molecule has 2 rings (SSSR count). The molecule has 4 heteroatoms. The van der Waals surface area contributed by atoms with Gasteiger partial charge in [0.25, 0.3) is 5.24 Å². The van der Waals surface area contributed by atoms with Gasteiger partial charge in [-0.1, -0.05) is 49.9 Å². The summed E-state index contributed by atoms with van der Waals surface area (Å²) in [5, 5.41) is 2.89. The van der Waals surface area contributed by atoms with E-state index in [2.05, 4.69) is 44.3 Å². The Morgan fingerprint density at radius 3 is 2.58 bits per heavy atom. The molecular formula is C20H25NO2S. The number of rotatable bonds is 6. The van der Waals surface area contributed by atoms with Crippen LogP contribution < -0.4 is 10.1 Å². The highest BCUT2D eigenvalue weighted by molar-refractivity contribution is 8.13. The van der Waals surface area contributed by atoms with Crippen molar-refractivity contribution in [2.75, 3.05) is 11.6 Å². The maximum Gasteiger partial charge on any atom is 0.283 e. The van der Waals surface area contributed by atoms with Gasteiger partial charge in [-0.2, -0.15) is 0 Å². The van der Waals surface area contributed by atoms with Gasteiger partial charge in [-0.25, -0.2) is 0 Å². The van der Waals surface area contributed by atoms with Crippen molar-refractivity contribution in [1.29, 1.82) is 0 Å². The smallest absolute Gasteiger partial charge is 0.283 e. The van der Waals surface area contributed by atoms with Crippen LogP contribution in [0.5, 0.6) is 5.75 Å². The maximum absolute atomic E-state index is 11.7. The summed E-state index contributed by atoms with van der Waals surface area (Å²) in [6, 6.07) is 12.3. The molecule has 0 heterocycles. The normalized spacial score (nSPS) is 10.5. The van der Waals surface area contributed by atoms with Gasteiger partial charge in [0, 0.05) is 11.3 Å². The van der Waals surface area contributed by atoms with Crippen LogP contribution in [0.15, 0.2) is 36.4 Å². The summed E-state index contributed by atoms with van der Waals surface area (Å²) in [5.74, 6) is 0.889. The largest absolute Gasteiger partial charge is 0.489 e. The zero-order chi connectivity index (χ0) is 17.5. The first-order chi connectivity index (χ1) is 11.6. The molecule has 0 unspecified atom stereocenters. The Morgan fingerprint density at radius 1 is 1.17 bits per heavy atom. The Kier molecular flexibility index (Phi) is 6.73. The predicted octanol–water partition coefficient (Wildman–Crippen LogP) is 5.59. The molecule has 0 bridgehead atoms. The molecule has 0 aliphatic heterocycles. The first kappa shape index (κ1) is 18.4. The van der Waals surface area contributed by atoms with Crippen molar-refractivity contribution in [3.63, 3.8) is 0 Å². The average molecular weight is 343 g/mol. The maximum atomic E-state index is 11.7. The number of thioether (sulfide) groups is 1. The quantitative estimate of drug-likeness (QED) is 0.742. The predicted molar refractivity (Wildman–Crippen MR) is 103 cm³/mol. The molecule has 0 saturated carbocycles. The fourth-order valence-electron chi connectivity index (χ4n) is 2.66. The van der Waals surface area contributed by atoms with E-state index in [0.29, 0.717) is 6.61 Å². The monoisotopic (exact) mass is 343 g/mol. The van der Waals surface area contributed by atoms with E-state index in [-0.39, 0.29) is 5.24 Å². The molecule has 3 nitrogen and oxygen atoms in total. The van der Waals surface area contributed by atoms with E-state index in [1.807, 2.05) is 18.2 Å². The Morgan fingerprint density at radius 2 is 1.96 bits per heavy atom. The summed E-state index contributed by atoms with van der Waals surface area (Å²) in [5.41, 5.74) is 5.51. The van der Waals surface area contributed by atoms with Gasteiger partial charge in [0.05, 0.1) is 0 Å². The van der Waals surface area contributed by atoms with Gasteiger partial charge in [0.15, 0.2) is 0 Å². The van der Waals surface area contributed by atoms with Crippen molar-refractivity contribution in [3.8, 4) is 5.75 Å². The van der Waals surface area contributed by atoms with Gasteiger partial charge < -0.3 is 10.1 Å². The first-order valence-corrected chi connectivity index (χ1v) is 9.49. The molecule has 0 atom stereocenters. The van der Waals surface area contributed by atoms with Crippen LogP contribution in [0.25, 0.3) is 0 Å². The number of nitrogens with one attached hydrogen (secondary N) is 1. The minimum atomic E-state index is -0.0621.